The molecule has 0 N–H and O–H groups in total. The largest absolute Gasteiger partial charge is 0.487 e. The standard InChI is InChI=1S/C12H12F4O/c1-3-5-7-8(13)10(15)12(17-6-4-2)11(16)9(7)14/h3H,1,4-6H2,2H3. The van der Waals surface area contributed by atoms with Gasteiger partial charge < -0.3 is 4.74 Å². The monoisotopic (exact) mass is 248 g/mol. The van der Waals surface area contributed by atoms with Gasteiger partial charge in [-0.1, -0.05) is 13.0 Å². The van der Waals surface area contributed by atoms with Crippen LogP contribution in [0.2, 0.25) is 0 Å². The van der Waals surface area contributed by atoms with Crippen LogP contribution in [-0.4, -0.2) is 6.61 Å². The summed E-state index contributed by atoms with van der Waals surface area (Å²) >= 11 is 0. The van der Waals surface area contributed by atoms with Crippen LogP contribution in [0.1, 0.15) is 18.9 Å². The molecule has 0 bridgehead atoms. The molecule has 0 aliphatic rings. The van der Waals surface area contributed by atoms with Crippen LogP contribution in [0.3, 0.4) is 0 Å². The van der Waals surface area contributed by atoms with E-state index in [4.69, 9.17) is 0 Å². The highest BCUT2D eigenvalue weighted by molar-refractivity contribution is 5.35. The molecular formula is C12H12F4O. The van der Waals surface area contributed by atoms with E-state index in [1.165, 1.54) is 0 Å². The molecule has 0 aromatic heterocycles. The van der Waals surface area contributed by atoms with Gasteiger partial charge in [-0.15, -0.1) is 6.58 Å². The molecule has 0 atom stereocenters. The summed E-state index contributed by atoms with van der Waals surface area (Å²) in [7, 11) is 0. The van der Waals surface area contributed by atoms with Gasteiger partial charge in [0.15, 0.2) is 17.4 Å². The number of rotatable bonds is 5. The van der Waals surface area contributed by atoms with Gasteiger partial charge in [0.05, 0.1) is 6.61 Å². The molecule has 0 aliphatic carbocycles. The van der Waals surface area contributed by atoms with E-state index >= 15 is 0 Å². The minimum absolute atomic E-state index is 0.0203. The average molecular weight is 248 g/mol. The number of hydrogen-bond donors (Lipinski definition) is 0. The van der Waals surface area contributed by atoms with E-state index in [1.807, 2.05) is 0 Å². The Morgan fingerprint density at radius 3 is 2.00 bits per heavy atom. The minimum Gasteiger partial charge on any atom is -0.487 e. The first-order valence-electron chi connectivity index (χ1n) is 5.13. The van der Waals surface area contributed by atoms with Gasteiger partial charge in [-0.25, -0.2) is 8.78 Å². The smallest absolute Gasteiger partial charge is 0.204 e. The van der Waals surface area contributed by atoms with Crippen LogP contribution in [-0.2, 0) is 6.42 Å². The molecule has 0 saturated carbocycles. The van der Waals surface area contributed by atoms with Crippen molar-refractivity contribution < 1.29 is 22.3 Å². The maximum Gasteiger partial charge on any atom is 0.204 e. The van der Waals surface area contributed by atoms with Crippen molar-refractivity contribution in [2.75, 3.05) is 6.61 Å². The third kappa shape index (κ3) is 2.60. The molecule has 1 aromatic rings. The van der Waals surface area contributed by atoms with Crippen LogP contribution in [0.15, 0.2) is 12.7 Å². The van der Waals surface area contributed by atoms with Gasteiger partial charge in [-0.3, -0.25) is 0 Å². The summed E-state index contributed by atoms with van der Waals surface area (Å²) in [6.07, 6.45) is 1.34. The highest BCUT2D eigenvalue weighted by Gasteiger charge is 2.25. The van der Waals surface area contributed by atoms with Crippen LogP contribution >= 0.6 is 0 Å². The van der Waals surface area contributed by atoms with Gasteiger partial charge >= 0.3 is 0 Å². The van der Waals surface area contributed by atoms with Gasteiger partial charge in [-0.05, 0) is 12.8 Å². The normalized spacial score (nSPS) is 10.4. The van der Waals surface area contributed by atoms with Crippen LogP contribution in [0, 0.1) is 23.3 Å². The van der Waals surface area contributed by atoms with Gasteiger partial charge in [0, 0.05) is 5.56 Å². The lowest BCUT2D eigenvalue weighted by Gasteiger charge is -2.11. The van der Waals surface area contributed by atoms with Crippen molar-refractivity contribution in [3.63, 3.8) is 0 Å². The topological polar surface area (TPSA) is 9.23 Å². The van der Waals surface area contributed by atoms with E-state index in [0.717, 1.165) is 6.08 Å². The molecule has 0 amide bonds. The molecule has 17 heavy (non-hydrogen) atoms. The summed E-state index contributed by atoms with van der Waals surface area (Å²) in [5.74, 6) is -6.89. The van der Waals surface area contributed by atoms with E-state index in [2.05, 4.69) is 11.3 Å². The van der Waals surface area contributed by atoms with E-state index in [9.17, 15) is 17.6 Å². The first-order chi connectivity index (χ1) is 8.04. The maximum absolute atomic E-state index is 13.4. The van der Waals surface area contributed by atoms with Crippen LogP contribution in [0.25, 0.3) is 0 Å². The zero-order valence-corrected chi connectivity index (χ0v) is 9.33. The summed E-state index contributed by atoms with van der Waals surface area (Å²) in [5, 5.41) is 0. The molecule has 1 aromatic carbocycles. The number of allylic oxidation sites excluding steroid dienone is 1. The lowest BCUT2D eigenvalue weighted by atomic mass is 10.1. The quantitative estimate of drug-likeness (QED) is 0.438. The van der Waals surface area contributed by atoms with Gasteiger partial charge in [0.1, 0.15) is 0 Å². The second-order valence-electron chi connectivity index (χ2n) is 3.40. The number of halogens is 4. The Balaban J connectivity index is 3.30. The first kappa shape index (κ1) is 13.5. The van der Waals surface area contributed by atoms with Gasteiger partial charge in [-0.2, -0.15) is 8.78 Å². The van der Waals surface area contributed by atoms with Crippen molar-refractivity contribution in [3.05, 3.63) is 41.5 Å². The van der Waals surface area contributed by atoms with Crippen molar-refractivity contribution in [2.45, 2.75) is 19.8 Å². The molecule has 0 aliphatic heterocycles. The van der Waals surface area contributed by atoms with E-state index in [0.29, 0.717) is 6.42 Å². The number of benzene rings is 1. The molecule has 0 spiro atoms. The fraction of sp³-hybridized carbons (Fsp3) is 0.333. The fourth-order valence-electron chi connectivity index (χ4n) is 1.31. The van der Waals surface area contributed by atoms with E-state index in [-0.39, 0.29) is 13.0 Å². The van der Waals surface area contributed by atoms with Crippen LogP contribution in [0.4, 0.5) is 17.6 Å². The van der Waals surface area contributed by atoms with Crippen molar-refractivity contribution in [1.29, 1.82) is 0 Å². The van der Waals surface area contributed by atoms with Gasteiger partial charge in [0.25, 0.3) is 0 Å². The van der Waals surface area contributed by atoms with Crippen molar-refractivity contribution in [2.24, 2.45) is 0 Å². The predicted molar refractivity (Wildman–Crippen MR) is 56.0 cm³/mol. The predicted octanol–water partition coefficient (Wildman–Crippen LogP) is 3.76. The third-order valence-corrected chi connectivity index (χ3v) is 2.11. The second-order valence-corrected chi connectivity index (χ2v) is 3.40. The molecule has 0 radical (unpaired) electrons. The highest BCUT2D eigenvalue weighted by Crippen LogP contribution is 2.30. The Bertz CT molecular complexity index is 400. The minimum atomic E-state index is -1.51. The van der Waals surface area contributed by atoms with Crippen molar-refractivity contribution >= 4 is 0 Å². The van der Waals surface area contributed by atoms with E-state index < -0.39 is 34.6 Å². The Morgan fingerprint density at radius 1 is 1.06 bits per heavy atom. The second kappa shape index (κ2) is 5.70. The zero-order chi connectivity index (χ0) is 13.0. The first-order valence-corrected chi connectivity index (χ1v) is 5.13. The summed E-state index contributed by atoms with van der Waals surface area (Å²) in [4.78, 5) is 0. The lowest BCUT2D eigenvalue weighted by molar-refractivity contribution is 0.270. The molecule has 0 heterocycles. The van der Waals surface area contributed by atoms with Crippen LogP contribution in [0.5, 0.6) is 5.75 Å². The average Bonchev–Trinajstić information content (AvgIpc) is 2.32. The molecule has 0 fully saturated rings. The third-order valence-electron chi connectivity index (χ3n) is 2.11. The number of ether oxygens (including phenoxy) is 1. The Kier molecular flexibility index (Phi) is 4.54. The van der Waals surface area contributed by atoms with Crippen molar-refractivity contribution in [1.82, 2.24) is 0 Å². The summed E-state index contributed by atoms with van der Waals surface area (Å²) in [5.41, 5.74) is -0.682. The van der Waals surface area contributed by atoms with Crippen LogP contribution < -0.4 is 4.74 Å². The molecule has 1 rings (SSSR count). The molecular weight excluding hydrogens is 236 g/mol. The SMILES string of the molecule is C=CCc1c(F)c(F)c(OCCC)c(F)c1F. The molecule has 0 saturated heterocycles. The molecule has 1 nitrogen and oxygen atoms in total. The molecule has 94 valence electrons. The maximum atomic E-state index is 13.4. The Morgan fingerprint density at radius 2 is 1.59 bits per heavy atom. The Hall–Kier alpha value is -1.52. The highest BCUT2D eigenvalue weighted by atomic mass is 19.2. The molecule has 5 heteroatoms. The Labute approximate surface area is 96.7 Å². The summed E-state index contributed by atoms with van der Waals surface area (Å²) < 4.78 is 58.3. The zero-order valence-electron chi connectivity index (χ0n) is 9.33. The van der Waals surface area contributed by atoms with Gasteiger partial charge in [0.2, 0.25) is 11.6 Å². The van der Waals surface area contributed by atoms with E-state index in [1.54, 1.807) is 6.92 Å². The number of hydrogen-bond acceptors (Lipinski definition) is 1. The lowest BCUT2D eigenvalue weighted by Crippen LogP contribution is -2.08. The summed E-state index contributed by atoms with van der Waals surface area (Å²) in [6.45, 7) is 4.94. The molecule has 0 unspecified atom stereocenters. The summed E-state index contributed by atoms with van der Waals surface area (Å²) in [6, 6.07) is 0. The van der Waals surface area contributed by atoms with Crippen molar-refractivity contribution in [3.8, 4) is 5.75 Å². The fourth-order valence-corrected chi connectivity index (χ4v) is 1.31.